The predicted molar refractivity (Wildman–Crippen MR) is 66.0 cm³/mol. The van der Waals surface area contributed by atoms with Crippen molar-refractivity contribution < 1.29 is 4.79 Å². The van der Waals surface area contributed by atoms with Crippen LogP contribution in [0.1, 0.15) is 40.5 Å². The van der Waals surface area contributed by atoms with Crippen LogP contribution < -0.4 is 0 Å². The van der Waals surface area contributed by atoms with Gasteiger partial charge in [-0.05, 0) is 36.5 Å². The van der Waals surface area contributed by atoms with E-state index in [-0.39, 0.29) is 16.6 Å². The second kappa shape index (κ2) is 3.21. The smallest absolute Gasteiger partial charge is 0.130 e. The molecule has 0 saturated heterocycles. The zero-order valence-corrected chi connectivity index (χ0v) is 10.7. The van der Waals surface area contributed by atoms with E-state index in [0.29, 0.717) is 12.3 Å². The van der Waals surface area contributed by atoms with E-state index in [1.807, 2.05) is 0 Å². The summed E-state index contributed by atoms with van der Waals surface area (Å²) in [6.07, 6.45) is 3.87. The summed E-state index contributed by atoms with van der Waals surface area (Å²) in [5.74, 6) is 0.645. The molecule has 1 nitrogen and oxygen atoms in total. The maximum absolute atomic E-state index is 11.3. The summed E-state index contributed by atoms with van der Waals surface area (Å²) in [6.45, 7) is 12.5. The van der Waals surface area contributed by atoms with Crippen molar-refractivity contribution in [1.29, 1.82) is 0 Å². The van der Waals surface area contributed by atoms with Gasteiger partial charge in [-0.15, -0.1) is 5.73 Å². The van der Waals surface area contributed by atoms with Crippen LogP contribution in [0, 0.1) is 16.7 Å². The molecule has 2 bridgehead atoms. The van der Waals surface area contributed by atoms with Crippen molar-refractivity contribution in [3.63, 3.8) is 0 Å². The molecule has 3 aliphatic rings. The Bertz CT molecular complexity index is 432. The summed E-state index contributed by atoms with van der Waals surface area (Å²) in [7, 11) is 0. The summed E-state index contributed by atoms with van der Waals surface area (Å²) in [5.41, 5.74) is 5.97. The van der Waals surface area contributed by atoms with Crippen molar-refractivity contribution >= 4 is 5.78 Å². The zero-order valence-electron chi connectivity index (χ0n) is 10.7. The monoisotopic (exact) mass is 216 g/mol. The van der Waals surface area contributed by atoms with Gasteiger partial charge in [-0.3, -0.25) is 0 Å². The van der Waals surface area contributed by atoms with Crippen molar-refractivity contribution in [2.45, 2.75) is 40.5 Å². The van der Waals surface area contributed by atoms with Gasteiger partial charge < -0.3 is 4.79 Å². The number of fused-ring (bicyclic) bond motifs is 1. The maximum Gasteiger partial charge on any atom is 0.130 e. The summed E-state index contributed by atoms with van der Waals surface area (Å²) in [4.78, 5) is 11.3. The minimum Gasteiger partial charge on any atom is -0.300 e. The maximum atomic E-state index is 11.3. The van der Waals surface area contributed by atoms with Gasteiger partial charge in [0.15, 0.2) is 0 Å². The summed E-state index contributed by atoms with van der Waals surface area (Å²) < 4.78 is 0. The fourth-order valence-corrected chi connectivity index (χ4v) is 3.52. The molecule has 0 aromatic carbocycles. The summed E-state index contributed by atoms with van der Waals surface area (Å²) in [6, 6.07) is 0. The van der Waals surface area contributed by atoms with Crippen molar-refractivity contribution in [2.24, 2.45) is 16.7 Å². The van der Waals surface area contributed by atoms with Gasteiger partial charge in [-0.25, -0.2) is 0 Å². The van der Waals surface area contributed by atoms with Gasteiger partial charge in [-0.2, -0.15) is 0 Å². The molecule has 0 amide bonds. The Labute approximate surface area is 97.9 Å². The van der Waals surface area contributed by atoms with E-state index in [2.05, 4.69) is 39.2 Å². The lowest BCUT2D eigenvalue weighted by atomic mass is 9.43. The molecule has 3 aliphatic carbocycles. The van der Waals surface area contributed by atoms with Crippen LogP contribution in [0.4, 0.5) is 0 Å². The average molecular weight is 216 g/mol. The Morgan fingerprint density at radius 1 is 1.62 bits per heavy atom. The van der Waals surface area contributed by atoms with Gasteiger partial charge in [0.2, 0.25) is 0 Å². The first kappa shape index (κ1) is 11.4. The quantitative estimate of drug-likeness (QED) is 0.658. The number of allylic oxidation sites excluding steroid dienone is 2. The van der Waals surface area contributed by atoms with Crippen LogP contribution in [0.3, 0.4) is 0 Å². The molecular weight excluding hydrogens is 196 g/mol. The molecule has 0 aromatic rings. The van der Waals surface area contributed by atoms with Crippen LogP contribution in [-0.4, -0.2) is 5.78 Å². The molecule has 1 heteroatoms. The Morgan fingerprint density at radius 2 is 2.25 bits per heavy atom. The third-order valence-electron chi connectivity index (χ3n) is 4.55. The number of hydrogen-bond acceptors (Lipinski definition) is 1. The molecule has 0 spiro atoms. The second-order valence-electron chi connectivity index (χ2n) is 5.92. The molecule has 0 N–H and O–H groups in total. The van der Waals surface area contributed by atoms with Crippen molar-refractivity contribution in [1.82, 2.24) is 0 Å². The number of hydrogen-bond donors (Lipinski definition) is 0. The van der Waals surface area contributed by atoms with E-state index >= 15 is 0 Å². The van der Waals surface area contributed by atoms with Crippen LogP contribution in [0.5, 0.6) is 0 Å². The third kappa shape index (κ3) is 1.21. The molecule has 3 rings (SSSR count). The van der Waals surface area contributed by atoms with Gasteiger partial charge in [0.25, 0.3) is 0 Å². The van der Waals surface area contributed by atoms with E-state index < -0.39 is 0 Å². The Kier molecular flexibility index (Phi) is 2.29. The van der Waals surface area contributed by atoms with Crippen LogP contribution in [0.15, 0.2) is 29.5 Å². The molecular formula is C15H20O. The topological polar surface area (TPSA) is 17.1 Å². The first-order valence-corrected chi connectivity index (χ1v) is 5.97. The van der Waals surface area contributed by atoms with E-state index in [1.165, 1.54) is 11.1 Å². The molecule has 0 heterocycles. The van der Waals surface area contributed by atoms with E-state index in [4.69, 9.17) is 0 Å². The lowest BCUT2D eigenvalue weighted by Crippen LogP contribution is -2.52. The first-order chi connectivity index (χ1) is 7.31. The minimum absolute atomic E-state index is 0.0701. The minimum atomic E-state index is 0.0701. The average Bonchev–Trinajstić information content (AvgIpc) is 2.13. The standard InChI is InChI=1S/C15H20O/c1-10(8-11(2)16)15-9-13(12(15)3)6-7-14(15,4)5/h7,10H,3,8-9H2,1-2,4-5H3. The number of Topliss-reactive ketones (excluding diaryl/α,β-unsaturated/α-hetero) is 1. The van der Waals surface area contributed by atoms with Crippen LogP contribution in [-0.2, 0) is 4.79 Å². The van der Waals surface area contributed by atoms with Crippen molar-refractivity contribution in [3.8, 4) is 0 Å². The molecule has 86 valence electrons. The highest BCUT2D eigenvalue weighted by Crippen LogP contribution is 2.66. The molecule has 0 aliphatic heterocycles. The third-order valence-corrected chi connectivity index (χ3v) is 4.55. The van der Waals surface area contributed by atoms with Gasteiger partial charge in [-0.1, -0.05) is 27.4 Å². The van der Waals surface area contributed by atoms with Gasteiger partial charge >= 0.3 is 0 Å². The molecule has 0 aromatic heterocycles. The molecule has 1 fully saturated rings. The van der Waals surface area contributed by atoms with Gasteiger partial charge in [0.05, 0.1) is 0 Å². The van der Waals surface area contributed by atoms with Gasteiger partial charge in [0, 0.05) is 17.3 Å². The highest BCUT2D eigenvalue weighted by Gasteiger charge is 2.58. The Hall–Kier alpha value is -1.07. The largest absolute Gasteiger partial charge is 0.300 e. The number of carbonyl (C=O) groups is 1. The van der Waals surface area contributed by atoms with Crippen LogP contribution in [0.25, 0.3) is 0 Å². The molecule has 2 unspecified atom stereocenters. The normalized spacial score (nSPS) is 31.8. The van der Waals surface area contributed by atoms with Crippen molar-refractivity contribution in [2.75, 3.05) is 0 Å². The number of ketones is 1. The Morgan fingerprint density at radius 3 is 2.69 bits per heavy atom. The fourth-order valence-electron chi connectivity index (χ4n) is 3.52. The van der Waals surface area contributed by atoms with Crippen LogP contribution >= 0.6 is 0 Å². The van der Waals surface area contributed by atoms with E-state index in [0.717, 1.165) is 6.42 Å². The predicted octanol–water partition coefficient (Wildman–Crippen LogP) is 3.67. The van der Waals surface area contributed by atoms with Crippen molar-refractivity contribution in [3.05, 3.63) is 29.5 Å². The molecule has 2 atom stereocenters. The highest BCUT2D eigenvalue weighted by molar-refractivity contribution is 5.76. The summed E-state index contributed by atoms with van der Waals surface area (Å²) in [5, 5.41) is 0. The number of rotatable bonds is 3. The van der Waals surface area contributed by atoms with E-state index in [1.54, 1.807) is 6.92 Å². The van der Waals surface area contributed by atoms with Gasteiger partial charge in [0.1, 0.15) is 5.78 Å². The van der Waals surface area contributed by atoms with E-state index in [9.17, 15) is 4.79 Å². The summed E-state index contributed by atoms with van der Waals surface area (Å²) >= 11 is 0. The zero-order chi connectivity index (χ0) is 12.1. The highest BCUT2D eigenvalue weighted by atomic mass is 16.1. The first-order valence-electron chi connectivity index (χ1n) is 5.97. The second-order valence-corrected chi connectivity index (χ2v) is 5.92. The Balaban J connectivity index is 2.37. The fraction of sp³-hybridized carbons (Fsp3) is 0.600. The SMILES string of the molecule is C=C1C2=C=CC(C)(C)C1(C(C)CC(C)=O)C2. The molecule has 16 heavy (non-hydrogen) atoms. The lowest BCUT2D eigenvalue weighted by molar-refractivity contribution is -0.119. The molecule has 1 saturated carbocycles. The lowest BCUT2D eigenvalue weighted by Gasteiger charge is -2.59. The number of carbonyl (C=O) groups excluding carboxylic acids is 1. The molecule has 0 radical (unpaired) electrons. The van der Waals surface area contributed by atoms with Crippen LogP contribution in [0.2, 0.25) is 0 Å².